The van der Waals surface area contributed by atoms with Crippen molar-refractivity contribution in [2.24, 2.45) is 4.99 Å². The van der Waals surface area contributed by atoms with E-state index in [-0.39, 0.29) is 16.3 Å². The molecule has 0 bridgehead atoms. The van der Waals surface area contributed by atoms with Gasteiger partial charge in [0.2, 0.25) is 5.79 Å². The molecule has 130 valence electrons. The molecule has 2 aliphatic heterocycles. The number of aliphatic hydroxyl groups excluding tert-OH is 3. The molecule has 5 N–H and O–H groups in total. The predicted molar refractivity (Wildman–Crippen MR) is 85.5 cm³/mol. The summed E-state index contributed by atoms with van der Waals surface area (Å²) in [4.78, 5) is 15.2. The Morgan fingerprint density at radius 3 is 2.67 bits per heavy atom. The molecule has 2 unspecified atom stereocenters. The second-order valence-electron chi connectivity index (χ2n) is 5.43. The number of rotatable bonds is 2. The molecule has 2 heterocycles. The first-order valence-electron chi connectivity index (χ1n) is 7.25. The molecule has 0 spiro atoms. The number of hydrogen-bond donors (Lipinski definition) is 5. The fraction of sp³-hybridized carbons (Fsp3) is 0.429. The van der Waals surface area contributed by atoms with Crippen molar-refractivity contribution in [3.05, 3.63) is 27.2 Å². The normalized spacial score (nSPS) is 41.8. The molecule has 1 aromatic rings. The number of carboxylic acid groups (broad SMARTS) is 1. The molecule has 2 aliphatic rings. The highest BCUT2D eigenvalue weighted by Gasteiger charge is 2.59. The van der Waals surface area contributed by atoms with E-state index in [1.807, 2.05) is 0 Å². The van der Waals surface area contributed by atoms with Gasteiger partial charge in [-0.1, -0.05) is 11.6 Å². The molecule has 24 heavy (non-hydrogen) atoms. The minimum atomic E-state index is -2.94. The zero-order chi connectivity index (χ0) is 18.7. The van der Waals surface area contributed by atoms with Crippen molar-refractivity contribution < 1.29 is 36.4 Å². The van der Waals surface area contributed by atoms with Crippen LogP contribution in [-0.2, 0) is 9.53 Å². The summed E-state index contributed by atoms with van der Waals surface area (Å²) >= 11 is 9.37. The number of aliphatic hydroxyl groups is 4. The number of carboxylic acids is 1. The number of aliphatic carboxylic acids is 1. The first-order valence-corrected chi connectivity index (χ1v) is 7.92. The smallest absolute Gasteiger partial charge is 0.335 e. The molecule has 1 fully saturated rings. The summed E-state index contributed by atoms with van der Waals surface area (Å²) in [6.45, 7) is 0. The fourth-order valence-corrected chi connectivity index (χ4v) is 3.32. The van der Waals surface area contributed by atoms with Gasteiger partial charge < -0.3 is 30.3 Å². The SMILES string of the molecule is [2H]C1(C2(O)O[C@H](C(=O)O)[C@@H](O)[C@H](O)[C@H]2O)C=Nc2ccc(Br)c(Cl)c21. The van der Waals surface area contributed by atoms with Crippen LogP contribution in [0.3, 0.4) is 0 Å². The molecule has 1 aromatic carbocycles. The lowest BCUT2D eigenvalue weighted by Gasteiger charge is -2.46. The number of carbonyl (C=O) groups is 1. The summed E-state index contributed by atoms with van der Waals surface area (Å²) in [5.74, 6) is -6.96. The van der Waals surface area contributed by atoms with Gasteiger partial charge in [0, 0.05) is 17.6 Å². The highest BCUT2D eigenvalue weighted by Crippen LogP contribution is 2.48. The van der Waals surface area contributed by atoms with E-state index in [4.69, 9.17) is 22.8 Å². The second kappa shape index (κ2) is 6.03. The largest absolute Gasteiger partial charge is 0.479 e. The number of halogens is 2. The van der Waals surface area contributed by atoms with E-state index in [2.05, 4.69) is 20.9 Å². The topological polar surface area (TPSA) is 140 Å². The van der Waals surface area contributed by atoms with Gasteiger partial charge in [-0.05, 0) is 28.1 Å². The minimum absolute atomic E-state index is 0.00158. The average Bonchev–Trinajstić information content (AvgIpc) is 2.91. The molecule has 8 nitrogen and oxygen atoms in total. The number of fused-ring (bicyclic) bond motifs is 1. The van der Waals surface area contributed by atoms with Gasteiger partial charge in [0.15, 0.2) is 6.10 Å². The third-order valence-electron chi connectivity index (χ3n) is 4.00. The van der Waals surface area contributed by atoms with Gasteiger partial charge in [0.1, 0.15) is 18.3 Å². The lowest BCUT2D eigenvalue weighted by atomic mass is 9.82. The van der Waals surface area contributed by atoms with Crippen molar-refractivity contribution in [1.82, 2.24) is 0 Å². The summed E-state index contributed by atoms with van der Waals surface area (Å²) in [5.41, 5.74) is 0.165. The van der Waals surface area contributed by atoms with Crippen molar-refractivity contribution >= 4 is 45.4 Å². The Labute approximate surface area is 150 Å². The summed E-state index contributed by atoms with van der Waals surface area (Å²) in [5, 5.41) is 50.1. The number of benzene rings is 1. The average molecular weight is 424 g/mol. The standard InChI is InChI=1S/C14H13BrClNO7/c15-5-1-2-6-7(8(5)16)4(3-17-6)14(23)12(20)10(19)9(18)11(24-14)13(21)22/h1-4,9-12,18-20,23H,(H,21,22)/t4?,9-,10-,11-,12+,14?/m0/s1/i4D. The van der Waals surface area contributed by atoms with Gasteiger partial charge in [-0.2, -0.15) is 0 Å². The maximum absolute atomic E-state index is 11.3. The van der Waals surface area contributed by atoms with E-state index in [0.29, 0.717) is 4.47 Å². The molecule has 0 radical (unpaired) electrons. The van der Waals surface area contributed by atoms with E-state index >= 15 is 0 Å². The second-order valence-corrected chi connectivity index (χ2v) is 6.66. The van der Waals surface area contributed by atoms with Crippen molar-refractivity contribution in [3.63, 3.8) is 0 Å². The van der Waals surface area contributed by atoms with Crippen LogP contribution in [0.1, 0.15) is 12.8 Å². The molecule has 0 saturated carbocycles. The van der Waals surface area contributed by atoms with Crippen LogP contribution in [0, 0.1) is 0 Å². The van der Waals surface area contributed by atoms with E-state index in [1.165, 1.54) is 6.07 Å². The quantitative estimate of drug-likeness (QED) is 0.456. The van der Waals surface area contributed by atoms with Crippen LogP contribution in [0.5, 0.6) is 0 Å². The van der Waals surface area contributed by atoms with Crippen molar-refractivity contribution in [2.75, 3.05) is 0 Å². The third kappa shape index (κ3) is 2.48. The molecular formula is C14H13BrClNO7. The molecule has 0 amide bonds. The van der Waals surface area contributed by atoms with Crippen LogP contribution < -0.4 is 0 Å². The van der Waals surface area contributed by atoms with Crippen molar-refractivity contribution in [1.29, 1.82) is 0 Å². The van der Waals surface area contributed by atoms with Gasteiger partial charge in [-0.15, -0.1) is 0 Å². The first kappa shape index (κ1) is 16.4. The third-order valence-corrected chi connectivity index (χ3v) is 5.28. The highest BCUT2D eigenvalue weighted by atomic mass is 79.9. The Hall–Kier alpha value is -1.07. The number of nitrogens with zero attached hydrogens (tertiary/aromatic N) is 1. The summed E-state index contributed by atoms with van der Waals surface area (Å²) < 4.78 is 14.0. The first-order chi connectivity index (χ1) is 11.5. The number of aliphatic imine (C=N–C) groups is 1. The van der Waals surface area contributed by atoms with Gasteiger partial charge in [-0.3, -0.25) is 4.99 Å². The van der Waals surface area contributed by atoms with Crippen LogP contribution in [0.25, 0.3) is 0 Å². The lowest BCUT2D eigenvalue weighted by Crippen LogP contribution is -2.68. The summed E-state index contributed by atoms with van der Waals surface area (Å²) in [7, 11) is 0. The molecule has 1 saturated heterocycles. The molecule has 0 aromatic heterocycles. The Kier molecular flexibility index (Phi) is 4.12. The highest BCUT2D eigenvalue weighted by molar-refractivity contribution is 9.10. The van der Waals surface area contributed by atoms with Crippen LogP contribution >= 0.6 is 27.5 Å². The number of ether oxygens (including phenoxy) is 1. The van der Waals surface area contributed by atoms with Crippen molar-refractivity contribution in [3.8, 4) is 0 Å². The maximum Gasteiger partial charge on any atom is 0.335 e. The van der Waals surface area contributed by atoms with E-state index < -0.39 is 42.1 Å². The van der Waals surface area contributed by atoms with E-state index in [1.54, 1.807) is 6.07 Å². The molecule has 10 heteroatoms. The summed E-state index contributed by atoms with van der Waals surface area (Å²) in [6, 6.07) is 3.06. The Morgan fingerprint density at radius 2 is 2.04 bits per heavy atom. The van der Waals surface area contributed by atoms with Gasteiger partial charge in [0.25, 0.3) is 0 Å². The minimum Gasteiger partial charge on any atom is -0.479 e. The monoisotopic (exact) mass is 422 g/mol. The fourth-order valence-electron chi connectivity index (χ4n) is 2.72. The Bertz CT molecular complexity index is 780. The zero-order valence-electron chi connectivity index (χ0n) is 12.8. The predicted octanol–water partition coefficient (Wildman–Crippen LogP) is 0.157. The zero-order valence-corrected chi connectivity index (χ0v) is 14.1. The molecular weight excluding hydrogens is 410 g/mol. The van der Waals surface area contributed by atoms with Gasteiger partial charge in [0.05, 0.1) is 16.6 Å². The van der Waals surface area contributed by atoms with Crippen LogP contribution in [0.2, 0.25) is 5.02 Å². The Balaban J connectivity index is 2.17. The summed E-state index contributed by atoms with van der Waals surface area (Å²) in [6.07, 6.45) is -7.43. The number of hydrogen-bond acceptors (Lipinski definition) is 7. The van der Waals surface area contributed by atoms with Crippen LogP contribution in [0.15, 0.2) is 21.6 Å². The molecule has 0 aliphatic carbocycles. The molecule has 6 atom stereocenters. The van der Waals surface area contributed by atoms with Gasteiger partial charge in [-0.25, -0.2) is 4.79 Å². The van der Waals surface area contributed by atoms with Crippen LogP contribution in [0.4, 0.5) is 5.69 Å². The van der Waals surface area contributed by atoms with Crippen LogP contribution in [-0.4, -0.2) is 67.9 Å². The van der Waals surface area contributed by atoms with E-state index in [0.717, 1.165) is 6.21 Å². The lowest BCUT2D eigenvalue weighted by molar-refractivity contribution is -0.343. The van der Waals surface area contributed by atoms with E-state index in [9.17, 15) is 25.2 Å². The van der Waals surface area contributed by atoms with Gasteiger partial charge >= 0.3 is 5.97 Å². The maximum atomic E-state index is 11.3. The molecule has 3 rings (SSSR count). The van der Waals surface area contributed by atoms with Crippen molar-refractivity contribution in [2.45, 2.75) is 36.1 Å². The Morgan fingerprint density at radius 1 is 1.38 bits per heavy atom.